The highest BCUT2D eigenvalue weighted by Gasteiger charge is 2.40. The monoisotopic (exact) mass is 486 g/mol. The van der Waals surface area contributed by atoms with E-state index in [4.69, 9.17) is 4.74 Å². The van der Waals surface area contributed by atoms with Crippen molar-refractivity contribution in [1.82, 2.24) is 0 Å². The van der Waals surface area contributed by atoms with E-state index < -0.39 is 35.1 Å². The van der Waals surface area contributed by atoms with Gasteiger partial charge < -0.3 is 4.74 Å². The van der Waals surface area contributed by atoms with Crippen LogP contribution < -0.4 is 4.74 Å². The van der Waals surface area contributed by atoms with Crippen molar-refractivity contribution in [3.05, 3.63) is 29.3 Å². The first-order chi connectivity index (χ1) is 16.2. The quantitative estimate of drug-likeness (QED) is 0.238. The van der Waals surface area contributed by atoms with E-state index in [1.807, 2.05) is 0 Å². The van der Waals surface area contributed by atoms with E-state index in [9.17, 15) is 26.7 Å². The topological polar surface area (TPSA) is 26.3 Å². The minimum Gasteiger partial charge on any atom is -0.426 e. The maximum atomic E-state index is 13.8. The normalized spacial score (nSPS) is 32.2. The van der Waals surface area contributed by atoms with Crippen molar-refractivity contribution in [3.63, 3.8) is 0 Å². The average Bonchev–Trinajstić information content (AvgIpc) is 2.77. The van der Waals surface area contributed by atoms with Crippen LogP contribution in [-0.4, -0.2) is 5.97 Å². The SMILES string of the molecule is CCCC1CCC2CC(C3CCC(C(=O)Oc4cc(F)c(C(F)(F)F)c(F)c4)CC3)CCC2C1. The Labute approximate surface area is 198 Å². The smallest absolute Gasteiger partial charge is 0.422 e. The van der Waals surface area contributed by atoms with Crippen molar-refractivity contribution < 1.29 is 31.5 Å². The number of halogens is 5. The third-order valence-electron chi connectivity index (χ3n) is 8.75. The Bertz CT molecular complexity index is 836. The molecule has 1 aromatic rings. The zero-order valence-electron chi connectivity index (χ0n) is 19.8. The molecule has 7 heteroatoms. The fourth-order valence-electron chi connectivity index (χ4n) is 7.03. The maximum absolute atomic E-state index is 13.8. The van der Waals surface area contributed by atoms with Crippen LogP contribution in [0.1, 0.15) is 89.5 Å². The van der Waals surface area contributed by atoms with Crippen molar-refractivity contribution in [2.24, 2.45) is 35.5 Å². The van der Waals surface area contributed by atoms with Crippen LogP contribution in [-0.2, 0) is 11.0 Å². The van der Waals surface area contributed by atoms with Crippen LogP contribution in [0.25, 0.3) is 0 Å². The number of fused-ring (bicyclic) bond motifs is 1. The van der Waals surface area contributed by atoms with Gasteiger partial charge in [0, 0.05) is 12.1 Å². The summed E-state index contributed by atoms with van der Waals surface area (Å²) in [7, 11) is 0. The number of carbonyl (C=O) groups excluding carboxylic acids is 1. The lowest BCUT2D eigenvalue weighted by Gasteiger charge is -2.45. The lowest BCUT2D eigenvalue weighted by atomic mass is 9.60. The van der Waals surface area contributed by atoms with Crippen LogP contribution in [0.4, 0.5) is 22.0 Å². The number of ether oxygens (including phenoxy) is 1. The highest BCUT2D eigenvalue weighted by atomic mass is 19.4. The van der Waals surface area contributed by atoms with Crippen molar-refractivity contribution in [2.75, 3.05) is 0 Å². The highest BCUT2D eigenvalue weighted by molar-refractivity contribution is 5.75. The van der Waals surface area contributed by atoms with Crippen molar-refractivity contribution in [2.45, 2.75) is 90.1 Å². The summed E-state index contributed by atoms with van der Waals surface area (Å²) in [6.45, 7) is 2.27. The standard InChI is InChI=1S/C27H35F5O2/c1-2-3-16-4-5-21-13-20(11-10-19(21)12-16)17-6-8-18(9-7-17)26(33)34-22-14-23(28)25(24(29)15-22)27(30,31)32/h14-21H,2-13H2,1H3. The van der Waals surface area contributed by atoms with E-state index in [0.29, 0.717) is 36.8 Å². The minimum absolute atomic E-state index is 0.384. The summed E-state index contributed by atoms with van der Waals surface area (Å²) < 4.78 is 70.9. The van der Waals surface area contributed by atoms with E-state index in [1.165, 1.54) is 51.4 Å². The van der Waals surface area contributed by atoms with Crippen LogP contribution in [0, 0.1) is 47.1 Å². The molecule has 0 N–H and O–H groups in total. The van der Waals surface area contributed by atoms with Gasteiger partial charge in [0.25, 0.3) is 0 Å². The van der Waals surface area contributed by atoms with E-state index in [-0.39, 0.29) is 5.92 Å². The van der Waals surface area contributed by atoms with Crippen LogP contribution in [0.2, 0.25) is 0 Å². The Hall–Kier alpha value is -1.66. The summed E-state index contributed by atoms with van der Waals surface area (Å²) in [5, 5.41) is 0. The molecule has 0 amide bonds. The summed E-state index contributed by atoms with van der Waals surface area (Å²) in [4.78, 5) is 12.5. The molecule has 3 saturated carbocycles. The lowest BCUT2D eigenvalue weighted by molar-refractivity contribution is -0.142. The predicted octanol–water partition coefficient (Wildman–Crippen LogP) is 8.33. The Kier molecular flexibility index (Phi) is 7.88. The van der Waals surface area contributed by atoms with Gasteiger partial charge in [-0.1, -0.05) is 26.2 Å². The van der Waals surface area contributed by atoms with E-state index in [0.717, 1.165) is 30.6 Å². The lowest BCUT2D eigenvalue weighted by Crippen LogP contribution is -2.35. The number of benzene rings is 1. The Morgan fingerprint density at radius 2 is 1.38 bits per heavy atom. The molecule has 3 fully saturated rings. The largest absolute Gasteiger partial charge is 0.426 e. The van der Waals surface area contributed by atoms with Crippen LogP contribution >= 0.6 is 0 Å². The Morgan fingerprint density at radius 1 is 0.853 bits per heavy atom. The molecule has 0 heterocycles. The molecule has 1 aromatic carbocycles. The van der Waals surface area contributed by atoms with E-state index in [2.05, 4.69) is 6.92 Å². The third-order valence-corrected chi connectivity index (χ3v) is 8.75. The van der Waals surface area contributed by atoms with Crippen LogP contribution in [0.15, 0.2) is 12.1 Å². The molecule has 0 bridgehead atoms. The molecule has 4 unspecified atom stereocenters. The van der Waals surface area contributed by atoms with Gasteiger partial charge >= 0.3 is 12.1 Å². The number of rotatable bonds is 5. The van der Waals surface area contributed by atoms with Gasteiger partial charge in [0.1, 0.15) is 22.9 Å². The van der Waals surface area contributed by atoms with Crippen molar-refractivity contribution in [1.29, 1.82) is 0 Å². The van der Waals surface area contributed by atoms with E-state index in [1.54, 1.807) is 0 Å². The number of hydrogen-bond donors (Lipinski definition) is 0. The molecular formula is C27H35F5O2. The second-order valence-electron chi connectivity index (χ2n) is 10.9. The predicted molar refractivity (Wildman–Crippen MR) is 119 cm³/mol. The maximum Gasteiger partial charge on any atom is 0.422 e. The fourth-order valence-corrected chi connectivity index (χ4v) is 7.03. The molecule has 190 valence electrons. The third kappa shape index (κ3) is 5.76. The zero-order valence-corrected chi connectivity index (χ0v) is 19.8. The number of alkyl halides is 3. The fraction of sp³-hybridized carbons (Fsp3) is 0.741. The van der Waals surface area contributed by atoms with Crippen LogP contribution in [0.3, 0.4) is 0 Å². The molecule has 3 aliphatic rings. The van der Waals surface area contributed by atoms with Gasteiger partial charge in [-0.15, -0.1) is 0 Å². The highest BCUT2D eigenvalue weighted by Crippen LogP contribution is 2.49. The summed E-state index contributed by atoms with van der Waals surface area (Å²) in [6, 6.07) is 0.867. The minimum atomic E-state index is -5.15. The van der Waals surface area contributed by atoms with Gasteiger partial charge in [-0.25, -0.2) is 8.78 Å². The van der Waals surface area contributed by atoms with Crippen molar-refractivity contribution >= 4 is 5.97 Å². The first-order valence-corrected chi connectivity index (χ1v) is 12.9. The zero-order chi connectivity index (χ0) is 24.5. The molecule has 2 nitrogen and oxygen atoms in total. The molecule has 4 rings (SSSR count). The van der Waals surface area contributed by atoms with E-state index >= 15 is 0 Å². The molecule has 0 spiro atoms. The van der Waals surface area contributed by atoms with Gasteiger partial charge in [-0.2, -0.15) is 13.2 Å². The molecule has 0 radical (unpaired) electrons. The molecule has 0 aromatic heterocycles. The molecule has 34 heavy (non-hydrogen) atoms. The Morgan fingerprint density at radius 3 is 1.97 bits per heavy atom. The molecule has 0 aliphatic heterocycles. The Balaban J connectivity index is 1.27. The van der Waals surface area contributed by atoms with Gasteiger partial charge in [-0.05, 0) is 87.4 Å². The number of hydrogen-bond acceptors (Lipinski definition) is 2. The summed E-state index contributed by atoms with van der Waals surface area (Å²) in [5.41, 5.74) is -1.97. The second-order valence-corrected chi connectivity index (χ2v) is 10.9. The molecule has 0 saturated heterocycles. The average molecular weight is 487 g/mol. The number of carbonyl (C=O) groups is 1. The van der Waals surface area contributed by atoms with Gasteiger partial charge in [0.05, 0.1) is 5.92 Å². The van der Waals surface area contributed by atoms with Crippen LogP contribution in [0.5, 0.6) is 5.75 Å². The van der Waals surface area contributed by atoms with Gasteiger partial charge in [0.15, 0.2) is 0 Å². The number of esters is 1. The first kappa shape index (κ1) is 25.4. The summed E-state index contributed by atoms with van der Waals surface area (Å²) in [6.07, 6.45) is 8.65. The summed E-state index contributed by atoms with van der Waals surface area (Å²) in [5.74, 6) is -1.13. The second kappa shape index (κ2) is 10.5. The molecular weight excluding hydrogens is 451 g/mol. The summed E-state index contributed by atoms with van der Waals surface area (Å²) >= 11 is 0. The van der Waals surface area contributed by atoms with Gasteiger partial charge in [-0.3, -0.25) is 4.79 Å². The first-order valence-electron chi connectivity index (χ1n) is 12.9. The molecule has 4 atom stereocenters. The molecule has 3 aliphatic carbocycles. The van der Waals surface area contributed by atoms with Crippen molar-refractivity contribution in [3.8, 4) is 5.75 Å². The van der Waals surface area contributed by atoms with Gasteiger partial charge in [0.2, 0.25) is 0 Å².